The van der Waals surface area contributed by atoms with Crippen molar-refractivity contribution in [2.75, 3.05) is 18.8 Å². The summed E-state index contributed by atoms with van der Waals surface area (Å²) in [6.07, 6.45) is 2.39. The van der Waals surface area contributed by atoms with Crippen LogP contribution in [0.5, 0.6) is 0 Å². The van der Waals surface area contributed by atoms with Gasteiger partial charge in [0.1, 0.15) is 0 Å². The molecule has 0 fully saturated rings. The Morgan fingerprint density at radius 1 is 1.06 bits per heavy atom. The highest BCUT2D eigenvalue weighted by Crippen LogP contribution is 2.07. The van der Waals surface area contributed by atoms with Gasteiger partial charge in [-0.2, -0.15) is 10.5 Å². The lowest BCUT2D eigenvalue weighted by molar-refractivity contribution is 0.401. The minimum atomic E-state index is -3.22. The molecule has 0 saturated carbocycles. The van der Waals surface area contributed by atoms with Gasteiger partial charge in [0.25, 0.3) is 0 Å². The molecule has 0 bridgehead atoms. The summed E-state index contributed by atoms with van der Waals surface area (Å²) >= 11 is 0. The van der Waals surface area contributed by atoms with Gasteiger partial charge >= 0.3 is 0 Å². The fraction of sp³-hybridized carbons (Fsp3) is 0.818. The van der Waals surface area contributed by atoms with E-state index in [4.69, 9.17) is 10.5 Å². The first-order valence-electron chi connectivity index (χ1n) is 5.80. The molecule has 0 saturated heterocycles. The molecule has 6 heteroatoms. The van der Waals surface area contributed by atoms with E-state index in [2.05, 4.69) is 0 Å². The number of sulfonamides is 1. The van der Waals surface area contributed by atoms with E-state index in [1.54, 1.807) is 0 Å². The van der Waals surface area contributed by atoms with Crippen LogP contribution < -0.4 is 0 Å². The fourth-order valence-electron chi connectivity index (χ4n) is 1.45. The zero-order chi connectivity index (χ0) is 13.1. The van der Waals surface area contributed by atoms with Crippen LogP contribution in [-0.2, 0) is 10.0 Å². The maximum atomic E-state index is 11.9. The minimum absolute atomic E-state index is 0.131. The molecule has 0 radical (unpaired) electrons. The van der Waals surface area contributed by atoms with Crippen molar-refractivity contribution in [2.45, 2.75) is 39.0 Å². The summed E-state index contributed by atoms with van der Waals surface area (Å²) in [6, 6.07) is 4.00. The highest BCUT2D eigenvalue weighted by atomic mass is 32.2. The molecule has 0 aromatic rings. The molecule has 0 aliphatic heterocycles. The molecule has 17 heavy (non-hydrogen) atoms. The van der Waals surface area contributed by atoms with Crippen LogP contribution in [0.2, 0.25) is 0 Å². The molecule has 0 amide bonds. The van der Waals surface area contributed by atoms with Crippen LogP contribution in [0.1, 0.15) is 39.0 Å². The van der Waals surface area contributed by atoms with Gasteiger partial charge in [-0.05, 0) is 19.3 Å². The standard InChI is InChI=1S/C11H19N3O2S/c1-2-11-17(15,16)14(9-5-3-7-12)10-6-4-8-13/h2-6,9-11H2,1H3. The van der Waals surface area contributed by atoms with Gasteiger partial charge in [0.05, 0.1) is 17.9 Å². The highest BCUT2D eigenvalue weighted by molar-refractivity contribution is 7.89. The zero-order valence-electron chi connectivity index (χ0n) is 10.2. The molecule has 5 nitrogen and oxygen atoms in total. The SMILES string of the molecule is CCCS(=O)(=O)N(CCCC#N)CCCC#N. The third kappa shape index (κ3) is 6.93. The van der Waals surface area contributed by atoms with Crippen molar-refractivity contribution in [1.29, 1.82) is 10.5 Å². The Hall–Kier alpha value is -1.11. The zero-order valence-corrected chi connectivity index (χ0v) is 11.0. The number of unbranched alkanes of at least 4 members (excludes halogenated alkanes) is 2. The maximum absolute atomic E-state index is 11.9. The normalized spacial score (nSPS) is 11.1. The van der Waals surface area contributed by atoms with Crippen molar-refractivity contribution in [1.82, 2.24) is 4.31 Å². The summed E-state index contributed by atoms with van der Waals surface area (Å²) < 4.78 is 25.2. The van der Waals surface area contributed by atoms with Crippen LogP contribution >= 0.6 is 0 Å². The third-order valence-corrected chi connectivity index (χ3v) is 4.32. The number of rotatable bonds is 9. The molecule has 0 aliphatic rings. The Morgan fingerprint density at radius 3 is 1.88 bits per heavy atom. The van der Waals surface area contributed by atoms with Gasteiger partial charge in [-0.1, -0.05) is 6.92 Å². The molecule has 0 rings (SSSR count). The molecule has 0 unspecified atom stereocenters. The molecular formula is C11H19N3O2S. The summed E-state index contributed by atoms with van der Waals surface area (Å²) in [5, 5.41) is 16.9. The van der Waals surface area contributed by atoms with Crippen molar-refractivity contribution in [2.24, 2.45) is 0 Å². The largest absolute Gasteiger partial charge is 0.214 e. The van der Waals surface area contributed by atoms with Crippen molar-refractivity contribution >= 4 is 10.0 Å². The Balaban J connectivity index is 4.39. The van der Waals surface area contributed by atoms with Gasteiger partial charge in [0.15, 0.2) is 0 Å². The van der Waals surface area contributed by atoms with Crippen LogP contribution in [-0.4, -0.2) is 31.6 Å². The summed E-state index contributed by atoms with van der Waals surface area (Å²) in [5.74, 6) is 0.131. The van der Waals surface area contributed by atoms with E-state index in [0.717, 1.165) is 0 Å². The smallest absolute Gasteiger partial charge is 0.212 e. The Labute approximate surface area is 104 Å². The molecule has 0 aliphatic carbocycles. The molecule has 0 aromatic carbocycles. The first-order valence-corrected chi connectivity index (χ1v) is 7.41. The molecule has 0 atom stereocenters. The maximum Gasteiger partial charge on any atom is 0.214 e. The Kier molecular flexibility index (Phi) is 8.39. The van der Waals surface area contributed by atoms with E-state index in [0.29, 0.717) is 45.2 Å². The average molecular weight is 257 g/mol. The molecule has 0 spiro atoms. The summed E-state index contributed by atoms with van der Waals surface area (Å²) in [6.45, 7) is 2.57. The van der Waals surface area contributed by atoms with E-state index >= 15 is 0 Å². The third-order valence-electron chi connectivity index (χ3n) is 2.25. The van der Waals surface area contributed by atoms with Crippen LogP contribution in [0.25, 0.3) is 0 Å². The Morgan fingerprint density at radius 2 is 1.53 bits per heavy atom. The monoisotopic (exact) mass is 257 g/mol. The average Bonchev–Trinajstić information content (AvgIpc) is 2.27. The Bertz CT molecular complexity index is 359. The summed E-state index contributed by atoms with van der Waals surface area (Å²) in [7, 11) is -3.22. The van der Waals surface area contributed by atoms with Crippen molar-refractivity contribution in [3.8, 4) is 12.1 Å². The van der Waals surface area contributed by atoms with E-state index in [1.807, 2.05) is 19.1 Å². The number of nitriles is 2. The van der Waals surface area contributed by atoms with Gasteiger partial charge in [0, 0.05) is 25.9 Å². The van der Waals surface area contributed by atoms with Gasteiger partial charge in [-0.25, -0.2) is 12.7 Å². The summed E-state index contributed by atoms with van der Waals surface area (Å²) in [4.78, 5) is 0. The van der Waals surface area contributed by atoms with Gasteiger partial charge in [-0.3, -0.25) is 0 Å². The second-order valence-electron chi connectivity index (χ2n) is 3.74. The van der Waals surface area contributed by atoms with Crippen molar-refractivity contribution < 1.29 is 8.42 Å². The number of nitrogens with zero attached hydrogens (tertiary/aromatic N) is 3. The first-order chi connectivity index (χ1) is 8.08. The lowest BCUT2D eigenvalue weighted by Crippen LogP contribution is -2.34. The lowest BCUT2D eigenvalue weighted by atomic mass is 10.3. The summed E-state index contributed by atoms with van der Waals surface area (Å²) in [5.41, 5.74) is 0. The fourth-order valence-corrected chi connectivity index (χ4v) is 3.03. The predicted molar refractivity (Wildman–Crippen MR) is 65.3 cm³/mol. The predicted octanol–water partition coefficient (Wildman–Crippen LogP) is 1.64. The molecule has 0 N–H and O–H groups in total. The van der Waals surface area contributed by atoms with Crippen molar-refractivity contribution in [3.63, 3.8) is 0 Å². The lowest BCUT2D eigenvalue weighted by Gasteiger charge is -2.21. The molecular weight excluding hydrogens is 238 g/mol. The van der Waals surface area contributed by atoms with Crippen LogP contribution in [0, 0.1) is 22.7 Å². The number of hydrogen-bond acceptors (Lipinski definition) is 4. The van der Waals surface area contributed by atoms with E-state index < -0.39 is 10.0 Å². The number of hydrogen-bond donors (Lipinski definition) is 0. The van der Waals surface area contributed by atoms with Crippen LogP contribution in [0.4, 0.5) is 0 Å². The van der Waals surface area contributed by atoms with Gasteiger partial charge < -0.3 is 0 Å². The topological polar surface area (TPSA) is 85.0 Å². The second kappa shape index (κ2) is 8.98. The second-order valence-corrected chi connectivity index (χ2v) is 5.83. The molecule has 0 aromatic heterocycles. The highest BCUT2D eigenvalue weighted by Gasteiger charge is 2.19. The minimum Gasteiger partial charge on any atom is -0.212 e. The first kappa shape index (κ1) is 15.9. The molecule has 96 valence electrons. The van der Waals surface area contributed by atoms with E-state index in [9.17, 15) is 8.42 Å². The van der Waals surface area contributed by atoms with Crippen LogP contribution in [0.3, 0.4) is 0 Å². The van der Waals surface area contributed by atoms with Crippen LogP contribution in [0.15, 0.2) is 0 Å². The molecule has 0 heterocycles. The quantitative estimate of drug-likeness (QED) is 0.588. The van der Waals surface area contributed by atoms with E-state index in [-0.39, 0.29) is 5.75 Å². The van der Waals surface area contributed by atoms with Gasteiger partial charge in [0.2, 0.25) is 10.0 Å². The van der Waals surface area contributed by atoms with Crippen molar-refractivity contribution in [3.05, 3.63) is 0 Å². The van der Waals surface area contributed by atoms with E-state index in [1.165, 1.54) is 4.31 Å². The van der Waals surface area contributed by atoms with Gasteiger partial charge in [-0.15, -0.1) is 0 Å².